The highest BCUT2D eigenvalue weighted by atomic mass is 16.5. The van der Waals surface area contributed by atoms with E-state index in [1.807, 2.05) is 0 Å². The van der Waals surface area contributed by atoms with Gasteiger partial charge in [-0.15, -0.1) is 0 Å². The molecule has 30 heavy (non-hydrogen) atoms. The number of carbonyl (C=O) groups is 3. The van der Waals surface area contributed by atoms with Crippen LogP contribution in [0.3, 0.4) is 0 Å². The summed E-state index contributed by atoms with van der Waals surface area (Å²) in [6.07, 6.45) is 1.31. The first kappa shape index (κ1) is 20.7. The first-order valence-electron chi connectivity index (χ1n) is 8.79. The Balaban J connectivity index is 2.14. The summed E-state index contributed by atoms with van der Waals surface area (Å²) >= 11 is 0. The van der Waals surface area contributed by atoms with Gasteiger partial charge in [0, 0.05) is 12.1 Å². The third-order valence-electron chi connectivity index (χ3n) is 4.47. The average Bonchev–Trinajstić information content (AvgIpc) is 2.76. The minimum absolute atomic E-state index is 0.203. The van der Waals surface area contributed by atoms with E-state index in [2.05, 4.69) is 5.32 Å². The highest BCUT2D eigenvalue weighted by Crippen LogP contribution is 2.37. The highest BCUT2D eigenvalue weighted by molar-refractivity contribution is 6.39. The number of rotatable bonds is 6. The van der Waals surface area contributed by atoms with Crippen LogP contribution in [0, 0.1) is 0 Å². The van der Waals surface area contributed by atoms with E-state index in [4.69, 9.17) is 18.9 Å². The van der Waals surface area contributed by atoms with Crippen molar-refractivity contribution >= 4 is 29.6 Å². The van der Waals surface area contributed by atoms with Gasteiger partial charge in [0.1, 0.15) is 28.6 Å². The van der Waals surface area contributed by atoms with Gasteiger partial charge in [0.05, 0.1) is 39.7 Å². The van der Waals surface area contributed by atoms with Crippen LogP contribution in [0.4, 0.5) is 10.5 Å². The molecule has 0 spiro atoms. The summed E-state index contributed by atoms with van der Waals surface area (Å²) in [6.45, 7) is 0. The number of imide groups is 2. The zero-order valence-corrected chi connectivity index (χ0v) is 16.8. The van der Waals surface area contributed by atoms with Gasteiger partial charge in [0.25, 0.3) is 11.8 Å². The smallest absolute Gasteiger partial charge is 0.336 e. The summed E-state index contributed by atoms with van der Waals surface area (Å²) < 4.78 is 21.2. The maximum absolute atomic E-state index is 13.2. The highest BCUT2D eigenvalue weighted by Gasteiger charge is 2.38. The lowest BCUT2D eigenvalue weighted by Crippen LogP contribution is -2.54. The first-order chi connectivity index (χ1) is 14.4. The number of amides is 4. The molecule has 1 aliphatic rings. The van der Waals surface area contributed by atoms with Gasteiger partial charge in [-0.25, -0.2) is 9.69 Å². The Bertz CT molecular complexity index is 1020. The Morgan fingerprint density at radius 2 is 1.43 bits per heavy atom. The Morgan fingerprint density at radius 3 is 2.00 bits per heavy atom. The predicted octanol–water partition coefficient (Wildman–Crippen LogP) is 2.39. The molecule has 1 fully saturated rings. The zero-order chi connectivity index (χ0) is 21.8. The molecule has 0 bridgehead atoms. The van der Waals surface area contributed by atoms with Gasteiger partial charge in [-0.05, 0) is 18.2 Å². The van der Waals surface area contributed by atoms with Crippen molar-refractivity contribution in [2.45, 2.75) is 0 Å². The van der Waals surface area contributed by atoms with Crippen LogP contribution in [0.5, 0.6) is 23.0 Å². The lowest BCUT2D eigenvalue weighted by molar-refractivity contribution is -0.122. The van der Waals surface area contributed by atoms with E-state index < -0.39 is 17.8 Å². The molecule has 1 aliphatic heterocycles. The lowest BCUT2D eigenvalue weighted by Gasteiger charge is -2.27. The Kier molecular flexibility index (Phi) is 5.91. The fraction of sp³-hybridized carbons (Fsp3) is 0.190. The number of nitrogens with one attached hydrogen (secondary N) is 1. The van der Waals surface area contributed by atoms with E-state index in [0.717, 1.165) is 4.90 Å². The maximum Gasteiger partial charge on any atom is 0.336 e. The van der Waals surface area contributed by atoms with Crippen LogP contribution in [0.1, 0.15) is 5.56 Å². The normalized spacial score (nSPS) is 15.1. The molecule has 2 aromatic carbocycles. The van der Waals surface area contributed by atoms with Crippen LogP contribution in [0.2, 0.25) is 0 Å². The van der Waals surface area contributed by atoms with E-state index in [9.17, 15) is 14.4 Å². The summed E-state index contributed by atoms with van der Waals surface area (Å²) in [5.74, 6) is -0.241. The van der Waals surface area contributed by atoms with Crippen molar-refractivity contribution in [2.75, 3.05) is 33.3 Å². The number of para-hydroxylation sites is 2. The lowest BCUT2D eigenvalue weighted by atomic mass is 10.0. The van der Waals surface area contributed by atoms with Gasteiger partial charge in [0.15, 0.2) is 0 Å². The molecular formula is C21H20N2O7. The number of ether oxygens (including phenoxy) is 4. The van der Waals surface area contributed by atoms with Crippen molar-refractivity contribution < 1.29 is 33.3 Å². The van der Waals surface area contributed by atoms with Gasteiger partial charge in [-0.2, -0.15) is 0 Å². The van der Waals surface area contributed by atoms with Gasteiger partial charge >= 0.3 is 6.03 Å². The van der Waals surface area contributed by atoms with Gasteiger partial charge in [-0.3, -0.25) is 14.9 Å². The van der Waals surface area contributed by atoms with Crippen molar-refractivity contribution in [1.29, 1.82) is 0 Å². The molecule has 0 aliphatic carbocycles. The molecule has 4 amide bonds. The quantitative estimate of drug-likeness (QED) is 0.574. The molecule has 0 saturated carbocycles. The topological polar surface area (TPSA) is 103 Å². The van der Waals surface area contributed by atoms with E-state index >= 15 is 0 Å². The van der Waals surface area contributed by atoms with Gasteiger partial charge in [-0.1, -0.05) is 12.1 Å². The number of nitrogens with zero attached hydrogens (tertiary/aromatic N) is 1. The number of benzene rings is 2. The average molecular weight is 412 g/mol. The minimum Gasteiger partial charge on any atom is -0.496 e. The van der Waals surface area contributed by atoms with Crippen molar-refractivity contribution in [2.24, 2.45) is 0 Å². The molecule has 9 nitrogen and oxygen atoms in total. The molecular weight excluding hydrogens is 392 g/mol. The Morgan fingerprint density at radius 1 is 0.833 bits per heavy atom. The van der Waals surface area contributed by atoms with E-state index in [1.165, 1.54) is 40.6 Å². The molecule has 156 valence electrons. The van der Waals surface area contributed by atoms with Crippen LogP contribution in [0.15, 0.2) is 42.0 Å². The maximum atomic E-state index is 13.2. The molecule has 1 N–H and O–H groups in total. The largest absolute Gasteiger partial charge is 0.496 e. The van der Waals surface area contributed by atoms with Crippen LogP contribution in [-0.2, 0) is 9.59 Å². The number of carbonyl (C=O) groups excluding carboxylic acids is 3. The molecule has 9 heteroatoms. The van der Waals surface area contributed by atoms with Crippen LogP contribution < -0.4 is 29.2 Å². The molecule has 0 atom stereocenters. The molecule has 1 heterocycles. The summed E-state index contributed by atoms with van der Waals surface area (Å²) in [6, 6.07) is 8.79. The van der Waals surface area contributed by atoms with Crippen molar-refractivity contribution in [3.8, 4) is 23.0 Å². The summed E-state index contributed by atoms with van der Waals surface area (Å²) in [7, 11) is 5.77. The van der Waals surface area contributed by atoms with E-state index in [-0.39, 0.29) is 11.3 Å². The molecule has 3 rings (SSSR count). The van der Waals surface area contributed by atoms with Gasteiger partial charge < -0.3 is 18.9 Å². The van der Waals surface area contributed by atoms with Crippen LogP contribution >= 0.6 is 0 Å². The second kappa shape index (κ2) is 8.56. The third kappa shape index (κ3) is 3.64. The number of barbiturate groups is 1. The van der Waals surface area contributed by atoms with Crippen LogP contribution in [-0.4, -0.2) is 46.3 Å². The fourth-order valence-electron chi connectivity index (χ4n) is 3.01. The summed E-state index contributed by atoms with van der Waals surface area (Å²) in [5, 5.41) is 2.17. The Hall–Kier alpha value is -4.01. The molecule has 0 aromatic heterocycles. The standard InChI is InChI=1S/C21H20N2O7/c1-27-12-9-17(29-3)13(18(10-12)30-4)11-14-19(24)22-21(26)23(20(14)25)15-7-5-6-8-16(15)28-2/h5-11H,1-4H3,(H,22,24,26). The van der Waals surface area contributed by atoms with Crippen molar-refractivity contribution in [1.82, 2.24) is 5.32 Å². The molecule has 0 radical (unpaired) electrons. The fourth-order valence-corrected chi connectivity index (χ4v) is 3.01. The minimum atomic E-state index is -0.875. The number of methoxy groups -OCH3 is 4. The SMILES string of the molecule is COc1cc(OC)c(C=C2C(=O)NC(=O)N(c3ccccc3OC)C2=O)c(OC)c1. The van der Waals surface area contributed by atoms with E-state index in [1.54, 1.807) is 30.3 Å². The van der Waals surface area contributed by atoms with Crippen molar-refractivity contribution in [3.63, 3.8) is 0 Å². The zero-order valence-electron chi connectivity index (χ0n) is 16.8. The summed E-state index contributed by atoms with van der Waals surface area (Å²) in [4.78, 5) is 38.9. The molecule has 0 unspecified atom stereocenters. The van der Waals surface area contributed by atoms with Gasteiger partial charge in [0.2, 0.25) is 0 Å². The predicted molar refractivity (Wildman–Crippen MR) is 108 cm³/mol. The van der Waals surface area contributed by atoms with Crippen molar-refractivity contribution in [3.05, 3.63) is 47.5 Å². The Labute approximate surface area is 172 Å². The van der Waals surface area contributed by atoms with E-state index in [0.29, 0.717) is 28.6 Å². The molecule has 1 saturated heterocycles. The number of urea groups is 1. The first-order valence-corrected chi connectivity index (χ1v) is 8.79. The summed E-state index contributed by atoms with van der Waals surface area (Å²) in [5.41, 5.74) is 0.269. The molecule has 2 aromatic rings. The third-order valence-corrected chi connectivity index (χ3v) is 4.47. The number of hydrogen-bond acceptors (Lipinski definition) is 7. The number of hydrogen-bond donors (Lipinski definition) is 1. The second-order valence-electron chi connectivity index (χ2n) is 6.08. The monoisotopic (exact) mass is 412 g/mol. The second-order valence-corrected chi connectivity index (χ2v) is 6.08. The number of anilines is 1. The van der Waals surface area contributed by atoms with Crippen LogP contribution in [0.25, 0.3) is 6.08 Å².